The summed E-state index contributed by atoms with van der Waals surface area (Å²) in [5.41, 5.74) is 1.76. The quantitative estimate of drug-likeness (QED) is 0.798. The van der Waals surface area contributed by atoms with Crippen molar-refractivity contribution >= 4 is 0 Å². The smallest absolute Gasteiger partial charge is 0.162 e. The second-order valence-corrected chi connectivity index (χ2v) is 5.41. The van der Waals surface area contributed by atoms with E-state index in [2.05, 4.69) is 0 Å². The van der Waals surface area contributed by atoms with Gasteiger partial charge in [-0.3, -0.25) is 0 Å². The number of aliphatic hydroxyl groups is 1. The molecule has 0 aliphatic heterocycles. The molecule has 0 amide bonds. The highest BCUT2D eigenvalue weighted by molar-refractivity contribution is 5.46. The van der Waals surface area contributed by atoms with Crippen LogP contribution >= 0.6 is 0 Å². The monoisotopic (exact) mass is 300 g/mol. The fourth-order valence-electron chi connectivity index (χ4n) is 2.56. The fourth-order valence-corrected chi connectivity index (χ4v) is 2.56. The summed E-state index contributed by atoms with van der Waals surface area (Å²) in [5.74, 6) is 1.39. The standard InChI is InChI=1S/C18H20O4/c1-20-16-8-7-15(18(9-10-18)22-13-19)11-17(16)21-12-14-5-3-2-4-6-14/h2-8,11,19H,9-10,12-13H2,1H3. The lowest BCUT2D eigenvalue weighted by Crippen LogP contribution is -2.13. The third-order valence-corrected chi connectivity index (χ3v) is 3.97. The molecule has 1 N–H and O–H groups in total. The molecule has 1 aliphatic rings. The Labute approximate surface area is 130 Å². The number of hydrogen-bond donors (Lipinski definition) is 1. The highest BCUT2D eigenvalue weighted by atomic mass is 16.6. The summed E-state index contributed by atoms with van der Waals surface area (Å²) >= 11 is 0. The van der Waals surface area contributed by atoms with Crippen molar-refractivity contribution in [3.63, 3.8) is 0 Å². The fraction of sp³-hybridized carbons (Fsp3) is 0.333. The second-order valence-electron chi connectivity index (χ2n) is 5.41. The molecule has 0 bridgehead atoms. The van der Waals surface area contributed by atoms with E-state index in [0.29, 0.717) is 18.1 Å². The maximum atomic E-state index is 9.05. The lowest BCUT2D eigenvalue weighted by Gasteiger charge is -2.18. The van der Waals surface area contributed by atoms with E-state index >= 15 is 0 Å². The van der Waals surface area contributed by atoms with Crippen LogP contribution in [0.15, 0.2) is 48.5 Å². The van der Waals surface area contributed by atoms with Crippen LogP contribution in [0, 0.1) is 0 Å². The molecule has 116 valence electrons. The first-order valence-electron chi connectivity index (χ1n) is 7.37. The molecule has 2 aromatic carbocycles. The molecule has 0 spiro atoms. The van der Waals surface area contributed by atoms with Crippen molar-refractivity contribution in [3.05, 3.63) is 59.7 Å². The first kappa shape index (κ1) is 14.9. The van der Waals surface area contributed by atoms with E-state index in [-0.39, 0.29) is 12.4 Å². The first-order valence-corrected chi connectivity index (χ1v) is 7.37. The largest absolute Gasteiger partial charge is 0.493 e. The van der Waals surface area contributed by atoms with E-state index in [4.69, 9.17) is 19.3 Å². The van der Waals surface area contributed by atoms with Crippen molar-refractivity contribution in [1.82, 2.24) is 0 Å². The average Bonchev–Trinajstić information content (AvgIpc) is 3.35. The van der Waals surface area contributed by atoms with Gasteiger partial charge >= 0.3 is 0 Å². The first-order chi connectivity index (χ1) is 10.8. The summed E-state index contributed by atoms with van der Waals surface area (Å²) in [7, 11) is 1.63. The van der Waals surface area contributed by atoms with Gasteiger partial charge in [0, 0.05) is 0 Å². The van der Waals surface area contributed by atoms with Gasteiger partial charge in [-0.2, -0.15) is 0 Å². The maximum Gasteiger partial charge on any atom is 0.162 e. The maximum absolute atomic E-state index is 9.05. The third kappa shape index (κ3) is 3.08. The highest BCUT2D eigenvalue weighted by Crippen LogP contribution is 2.50. The number of methoxy groups -OCH3 is 1. The Bertz CT molecular complexity index is 620. The Morgan fingerprint density at radius 1 is 1.05 bits per heavy atom. The molecule has 1 saturated carbocycles. The van der Waals surface area contributed by atoms with Crippen molar-refractivity contribution in [2.75, 3.05) is 13.9 Å². The molecule has 0 unspecified atom stereocenters. The number of hydrogen-bond acceptors (Lipinski definition) is 4. The molecular weight excluding hydrogens is 280 g/mol. The van der Waals surface area contributed by atoms with Crippen molar-refractivity contribution in [1.29, 1.82) is 0 Å². The van der Waals surface area contributed by atoms with Crippen LogP contribution in [0.25, 0.3) is 0 Å². The number of benzene rings is 2. The van der Waals surface area contributed by atoms with Crippen LogP contribution in [0.2, 0.25) is 0 Å². The normalized spacial score (nSPS) is 15.4. The minimum Gasteiger partial charge on any atom is -0.493 e. The molecule has 1 fully saturated rings. The zero-order chi connectivity index (χ0) is 15.4. The summed E-state index contributed by atoms with van der Waals surface area (Å²) in [4.78, 5) is 0. The van der Waals surface area contributed by atoms with E-state index in [0.717, 1.165) is 24.0 Å². The van der Waals surface area contributed by atoms with Gasteiger partial charge in [0.2, 0.25) is 0 Å². The topological polar surface area (TPSA) is 47.9 Å². The van der Waals surface area contributed by atoms with E-state index < -0.39 is 0 Å². The van der Waals surface area contributed by atoms with Crippen LogP contribution in [-0.2, 0) is 16.9 Å². The predicted molar refractivity (Wildman–Crippen MR) is 82.9 cm³/mol. The van der Waals surface area contributed by atoms with Gasteiger partial charge < -0.3 is 19.3 Å². The second kappa shape index (κ2) is 6.38. The van der Waals surface area contributed by atoms with Crippen molar-refractivity contribution < 1.29 is 19.3 Å². The molecule has 4 nitrogen and oxygen atoms in total. The number of aliphatic hydroxyl groups excluding tert-OH is 1. The van der Waals surface area contributed by atoms with E-state index in [9.17, 15) is 0 Å². The SMILES string of the molecule is COc1ccc(C2(OCO)CC2)cc1OCc1ccccc1. The third-order valence-electron chi connectivity index (χ3n) is 3.97. The van der Waals surface area contributed by atoms with Crippen LogP contribution in [-0.4, -0.2) is 19.0 Å². The van der Waals surface area contributed by atoms with Gasteiger partial charge in [0.15, 0.2) is 11.5 Å². The Hall–Kier alpha value is -2.04. The molecule has 0 saturated heterocycles. The molecule has 22 heavy (non-hydrogen) atoms. The zero-order valence-electron chi connectivity index (χ0n) is 12.6. The summed E-state index contributed by atoms with van der Waals surface area (Å²) in [5, 5.41) is 9.05. The van der Waals surface area contributed by atoms with Crippen LogP contribution in [0.1, 0.15) is 24.0 Å². The predicted octanol–water partition coefficient (Wildman–Crippen LogP) is 3.23. The van der Waals surface area contributed by atoms with Crippen molar-refractivity contribution in [3.8, 4) is 11.5 Å². The Morgan fingerprint density at radius 2 is 1.82 bits per heavy atom. The molecule has 0 atom stereocenters. The van der Waals surface area contributed by atoms with E-state index in [1.807, 2.05) is 48.5 Å². The molecule has 0 heterocycles. The lowest BCUT2D eigenvalue weighted by molar-refractivity contribution is -0.0676. The molecule has 0 aromatic heterocycles. The Kier molecular flexibility index (Phi) is 4.32. The average molecular weight is 300 g/mol. The Morgan fingerprint density at radius 3 is 2.45 bits per heavy atom. The van der Waals surface area contributed by atoms with Gasteiger partial charge in [-0.1, -0.05) is 36.4 Å². The number of ether oxygens (including phenoxy) is 3. The van der Waals surface area contributed by atoms with Crippen LogP contribution < -0.4 is 9.47 Å². The summed E-state index contributed by atoms with van der Waals surface area (Å²) in [6, 6.07) is 15.8. The molecule has 2 aromatic rings. The number of rotatable bonds is 7. The van der Waals surface area contributed by atoms with Gasteiger partial charge in [-0.25, -0.2) is 0 Å². The van der Waals surface area contributed by atoms with Crippen LogP contribution in [0.4, 0.5) is 0 Å². The van der Waals surface area contributed by atoms with E-state index in [1.165, 1.54) is 0 Å². The lowest BCUT2D eigenvalue weighted by atomic mass is 10.1. The molecule has 0 radical (unpaired) electrons. The molecule has 4 heteroatoms. The zero-order valence-corrected chi connectivity index (χ0v) is 12.6. The van der Waals surface area contributed by atoms with Gasteiger partial charge in [0.05, 0.1) is 12.7 Å². The van der Waals surface area contributed by atoms with Crippen molar-refractivity contribution in [2.24, 2.45) is 0 Å². The molecule has 1 aliphatic carbocycles. The van der Waals surface area contributed by atoms with Gasteiger partial charge in [-0.05, 0) is 36.1 Å². The molecular formula is C18H20O4. The van der Waals surface area contributed by atoms with Crippen molar-refractivity contribution in [2.45, 2.75) is 25.0 Å². The van der Waals surface area contributed by atoms with E-state index in [1.54, 1.807) is 7.11 Å². The Balaban J connectivity index is 1.79. The van der Waals surface area contributed by atoms with Crippen LogP contribution in [0.5, 0.6) is 11.5 Å². The highest BCUT2D eigenvalue weighted by Gasteiger charge is 2.46. The minimum atomic E-state index is -0.355. The summed E-state index contributed by atoms with van der Waals surface area (Å²) < 4.78 is 16.8. The summed E-state index contributed by atoms with van der Waals surface area (Å²) in [6.45, 7) is 0.209. The molecule has 3 rings (SSSR count). The van der Waals surface area contributed by atoms with Crippen LogP contribution in [0.3, 0.4) is 0 Å². The minimum absolute atomic E-state index is 0.272. The summed E-state index contributed by atoms with van der Waals surface area (Å²) in [6.07, 6.45) is 1.83. The van der Waals surface area contributed by atoms with Gasteiger partial charge in [0.25, 0.3) is 0 Å². The van der Waals surface area contributed by atoms with Gasteiger partial charge in [0.1, 0.15) is 13.4 Å². The van der Waals surface area contributed by atoms with Gasteiger partial charge in [-0.15, -0.1) is 0 Å².